The van der Waals surface area contributed by atoms with Gasteiger partial charge in [0.1, 0.15) is 5.41 Å². The summed E-state index contributed by atoms with van der Waals surface area (Å²) in [7, 11) is 1.52. The number of carbonyl (C=O) groups is 2. The fraction of sp³-hybridized carbons (Fsp3) is 0.400. The Bertz CT molecular complexity index is 1010. The predicted octanol–water partition coefficient (Wildman–Crippen LogP) is 0.721. The lowest BCUT2D eigenvalue weighted by Crippen LogP contribution is -2.71. The van der Waals surface area contributed by atoms with Crippen LogP contribution in [0.3, 0.4) is 0 Å². The molecule has 29 heavy (non-hydrogen) atoms. The van der Waals surface area contributed by atoms with Crippen LogP contribution in [0.1, 0.15) is 26.3 Å². The molecule has 1 aromatic heterocycles. The van der Waals surface area contributed by atoms with E-state index in [2.05, 4.69) is 5.10 Å². The van der Waals surface area contributed by atoms with Crippen molar-refractivity contribution in [2.75, 3.05) is 25.2 Å². The van der Waals surface area contributed by atoms with E-state index in [-0.39, 0.29) is 24.5 Å². The number of esters is 2. The fourth-order valence-electron chi connectivity index (χ4n) is 3.75. The first-order chi connectivity index (χ1) is 13.7. The molecule has 0 aliphatic carbocycles. The number of likely N-dealkylation sites (N-methyl/N-ethyl adjacent to an activating group) is 1. The van der Waals surface area contributed by atoms with E-state index in [0.717, 1.165) is 0 Å². The number of nitrogens with two attached hydrogens (primary N) is 1. The third-order valence-corrected chi connectivity index (χ3v) is 5.38. The molecular formula is C20H24N4O5. The summed E-state index contributed by atoms with van der Waals surface area (Å²) in [4.78, 5) is 40.8. The van der Waals surface area contributed by atoms with Gasteiger partial charge in [-0.1, -0.05) is 18.2 Å². The Morgan fingerprint density at radius 1 is 1.10 bits per heavy atom. The molecular weight excluding hydrogens is 376 g/mol. The van der Waals surface area contributed by atoms with Gasteiger partial charge in [-0.3, -0.25) is 15.3 Å². The van der Waals surface area contributed by atoms with E-state index in [1.54, 1.807) is 38.1 Å². The van der Waals surface area contributed by atoms with Gasteiger partial charge in [0, 0.05) is 7.05 Å². The van der Waals surface area contributed by atoms with Crippen LogP contribution in [0.25, 0.3) is 5.69 Å². The minimum Gasteiger partial charge on any atom is -0.465 e. The molecule has 2 atom stereocenters. The standard InChI is InChI=1S/C20H24N4O5/c1-5-28-17(26)19(3)15-14(23(4)20(19,21)18(27)29-6-2)12-22-24(16(15)25)13-10-8-7-9-11-13/h7-12H,5-6,21H2,1-4H3. The zero-order valence-corrected chi connectivity index (χ0v) is 16.8. The van der Waals surface area contributed by atoms with E-state index in [0.29, 0.717) is 5.69 Å². The van der Waals surface area contributed by atoms with Gasteiger partial charge in [-0.25, -0.2) is 4.79 Å². The molecule has 3 rings (SSSR count). The van der Waals surface area contributed by atoms with Crippen molar-refractivity contribution >= 4 is 17.6 Å². The van der Waals surface area contributed by atoms with E-state index >= 15 is 0 Å². The number of benzene rings is 1. The van der Waals surface area contributed by atoms with Gasteiger partial charge in [-0.2, -0.15) is 9.78 Å². The summed E-state index contributed by atoms with van der Waals surface area (Å²) in [5.74, 6) is -1.62. The summed E-state index contributed by atoms with van der Waals surface area (Å²) in [6.07, 6.45) is 1.41. The van der Waals surface area contributed by atoms with E-state index in [4.69, 9.17) is 15.2 Å². The zero-order valence-electron chi connectivity index (χ0n) is 16.8. The molecule has 2 N–H and O–H groups in total. The molecule has 0 saturated carbocycles. The predicted molar refractivity (Wildman–Crippen MR) is 106 cm³/mol. The molecule has 0 saturated heterocycles. The van der Waals surface area contributed by atoms with Crippen molar-refractivity contribution in [3.63, 3.8) is 0 Å². The van der Waals surface area contributed by atoms with Crippen LogP contribution in [-0.2, 0) is 24.5 Å². The van der Waals surface area contributed by atoms with Crippen LogP contribution in [0.4, 0.5) is 5.69 Å². The highest BCUT2D eigenvalue weighted by molar-refractivity contribution is 6.02. The Morgan fingerprint density at radius 2 is 1.69 bits per heavy atom. The van der Waals surface area contributed by atoms with Gasteiger partial charge >= 0.3 is 11.9 Å². The molecule has 0 fully saturated rings. The number of carbonyl (C=O) groups excluding carboxylic acids is 2. The van der Waals surface area contributed by atoms with Crippen molar-refractivity contribution in [2.24, 2.45) is 5.73 Å². The number of para-hydroxylation sites is 1. The van der Waals surface area contributed by atoms with Crippen LogP contribution < -0.4 is 16.2 Å². The lowest BCUT2D eigenvalue weighted by Gasteiger charge is -2.40. The lowest BCUT2D eigenvalue weighted by molar-refractivity contribution is -0.163. The average molecular weight is 400 g/mol. The zero-order chi connectivity index (χ0) is 21.4. The number of hydrogen-bond acceptors (Lipinski definition) is 8. The molecule has 9 nitrogen and oxygen atoms in total. The molecule has 154 valence electrons. The van der Waals surface area contributed by atoms with E-state index in [1.807, 2.05) is 6.07 Å². The summed E-state index contributed by atoms with van der Waals surface area (Å²) in [6, 6.07) is 8.76. The first-order valence-corrected chi connectivity index (χ1v) is 9.30. The van der Waals surface area contributed by atoms with Crippen LogP contribution in [0.15, 0.2) is 41.3 Å². The Labute approximate surface area is 168 Å². The summed E-state index contributed by atoms with van der Waals surface area (Å²) >= 11 is 0. The third-order valence-electron chi connectivity index (χ3n) is 5.38. The van der Waals surface area contributed by atoms with Gasteiger partial charge < -0.3 is 14.4 Å². The normalized spacial score (nSPS) is 22.9. The minimum absolute atomic E-state index is 0.0351. The number of rotatable bonds is 5. The second-order valence-electron chi connectivity index (χ2n) is 6.85. The molecule has 0 bridgehead atoms. The maximum atomic E-state index is 13.5. The third kappa shape index (κ3) is 2.72. The molecule has 0 amide bonds. The van der Waals surface area contributed by atoms with Gasteiger partial charge in [0.15, 0.2) is 0 Å². The summed E-state index contributed by atoms with van der Waals surface area (Å²) < 4.78 is 11.6. The Hall–Kier alpha value is -3.20. The van der Waals surface area contributed by atoms with E-state index in [9.17, 15) is 14.4 Å². The number of anilines is 1. The fourth-order valence-corrected chi connectivity index (χ4v) is 3.75. The number of hydrogen-bond donors (Lipinski definition) is 1. The highest BCUT2D eigenvalue weighted by Gasteiger charge is 2.68. The minimum atomic E-state index is -1.98. The average Bonchev–Trinajstić information content (AvgIpc) is 2.90. The summed E-state index contributed by atoms with van der Waals surface area (Å²) in [5, 5.41) is 4.22. The van der Waals surface area contributed by atoms with Crippen LogP contribution in [-0.4, -0.2) is 47.6 Å². The largest absolute Gasteiger partial charge is 0.465 e. The van der Waals surface area contributed by atoms with Crippen molar-refractivity contribution < 1.29 is 19.1 Å². The van der Waals surface area contributed by atoms with Gasteiger partial charge in [0.25, 0.3) is 5.56 Å². The monoisotopic (exact) mass is 400 g/mol. The van der Waals surface area contributed by atoms with Gasteiger partial charge in [-0.05, 0) is 32.9 Å². The summed E-state index contributed by atoms with van der Waals surface area (Å²) in [5.41, 5.74) is 2.99. The number of fused-ring (bicyclic) bond motifs is 1. The van der Waals surface area contributed by atoms with Crippen LogP contribution in [0, 0.1) is 0 Å². The number of ether oxygens (including phenoxy) is 2. The lowest BCUT2D eigenvalue weighted by atomic mass is 9.74. The summed E-state index contributed by atoms with van der Waals surface area (Å²) in [6.45, 7) is 4.83. The maximum Gasteiger partial charge on any atom is 0.348 e. The maximum absolute atomic E-state index is 13.5. The van der Waals surface area contributed by atoms with Gasteiger partial charge in [-0.15, -0.1) is 0 Å². The Balaban J connectivity index is 2.33. The molecule has 1 aliphatic rings. The molecule has 9 heteroatoms. The van der Waals surface area contributed by atoms with E-state index in [1.165, 1.54) is 29.7 Å². The molecule has 2 unspecified atom stereocenters. The molecule has 0 radical (unpaired) electrons. The molecule has 1 aliphatic heterocycles. The van der Waals surface area contributed by atoms with Gasteiger partial charge in [0.05, 0.1) is 36.3 Å². The number of aromatic nitrogens is 2. The first-order valence-electron chi connectivity index (χ1n) is 9.30. The molecule has 1 aromatic carbocycles. The van der Waals surface area contributed by atoms with Crippen molar-refractivity contribution in [3.8, 4) is 5.69 Å². The number of nitrogens with zero attached hydrogens (tertiary/aromatic N) is 3. The second kappa shape index (κ2) is 7.32. The smallest absolute Gasteiger partial charge is 0.348 e. The van der Waals surface area contributed by atoms with Crippen LogP contribution >= 0.6 is 0 Å². The molecule has 2 aromatic rings. The highest BCUT2D eigenvalue weighted by atomic mass is 16.5. The molecule has 2 heterocycles. The van der Waals surface area contributed by atoms with Crippen molar-refractivity contribution in [3.05, 3.63) is 52.4 Å². The van der Waals surface area contributed by atoms with Crippen molar-refractivity contribution in [1.29, 1.82) is 0 Å². The van der Waals surface area contributed by atoms with E-state index < -0.39 is 28.6 Å². The topological polar surface area (TPSA) is 117 Å². The van der Waals surface area contributed by atoms with Crippen LogP contribution in [0.5, 0.6) is 0 Å². The Morgan fingerprint density at radius 3 is 2.28 bits per heavy atom. The van der Waals surface area contributed by atoms with Gasteiger partial charge in [0.2, 0.25) is 5.66 Å². The van der Waals surface area contributed by atoms with Crippen LogP contribution in [0.2, 0.25) is 0 Å². The van der Waals surface area contributed by atoms with Crippen molar-refractivity contribution in [2.45, 2.75) is 31.8 Å². The first kappa shape index (κ1) is 20.5. The van der Waals surface area contributed by atoms with Crippen molar-refractivity contribution in [1.82, 2.24) is 9.78 Å². The quantitative estimate of drug-likeness (QED) is 0.730. The Kier molecular flexibility index (Phi) is 5.18. The highest BCUT2D eigenvalue weighted by Crippen LogP contribution is 2.48. The SMILES string of the molecule is CCOC(=O)C1(C)c2c(cnn(-c3ccccc3)c2=O)N(C)C1(N)C(=O)OCC. The molecule has 0 spiro atoms. The second-order valence-corrected chi connectivity index (χ2v) is 6.85.